The first-order valence-electron chi connectivity index (χ1n) is 7.22. The molecular weight excluding hydrogens is 318 g/mol. The van der Waals surface area contributed by atoms with Crippen molar-refractivity contribution in [3.8, 4) is 11.5 Å². The molecule has 0 saturated heterocycles. The van der Waals surface area contributed by atoms with Crippen LogP contribution in [0.15, 0.2) is 18.2 Å². The molecule has 0 unspecified atom stereocenters. The third kappa shape index (κ3) is 6.15. The number of rotatable bonds is 8. The summed E-state index contributed by atoms with van der Waals surface area (Å²) in [6, 6.07) is 4.59. The van der Waals surface area contributed by atoms with E-state index >= 15 is 0 Å². The van der Waals surface area contributed by atoms with Crippen molar-refractivity contribution in [1.82, 2.24) is 5.32 Å². The standard InChI is InChI=1S/C16H21NO7/c1-10(2)24-15(19)9-23-14(18)8-17-16(20)11-5-6-12(21-3)13(7-11)22-4/h5-7,10H,8-9H2,1-4H3,(H,17,20). The zero-order chi connectivity index (χ0) is 18.1. The normalized spacial score (nSPS) is 10.0. The number of esters is 2. The molecule has 132 valence electrons. The Hall–Kier alpha value is -2.77. The van der Waals surface area contributed by atoms with Gasteiger partial charge in [0.05, 0.1) is 20.3 Å². The average Bonchev–Trinajstić information content (AvgIpc) is 2.56. The molecule has 0 aromatic heterocycles. The summed E-state index contributed by atoms with van der Waals surface area (Å²) < 4.78 is 19.7. The van der Waals surface area contributed by atoms with E-state index in [0.717, 1.165) is 0 Å². The second-order valence-corrected chi connectivity index (χ2v) is 4.95. The van der Waals surface area contributed by atoms with Crippen molar-refractivity contribution in [2.45, 2.75) is 20.0 Å². The molecule has 24 heavy (non-hydrogen) atoms. The monoisotopic (exact) mass is 339 g/mol. The minimum atomic E-state index is -0.746. The number of ether oxygens (including phenoxy) is 4. The van der Waals surface area contributed by atoms with Crippen LogP contribution in [0, 0.1) is 0 Å². The van der Waals surface area contributed by atoms with Gasteiger partial charge in [-0.05, 0) is 32.0 Å². The van der Waals surface area contributed by atoms with Gasteiger partial charge in [-0.25, -0.2) is 4.79 Å². The highest BCUT2D eigenvalue weighted by Gasteiger charge is 2.14. The number of benzene rings is 1. The Bertz CT molecular complexity index is 598. The van der Waals surface area contributed by atoms with Gasteiger partial charge < -0.3 is 24.3 Å². The quantitative estimate of drug-likeness (QED) is 0.703. The van der Waals surface area contributed by atoms with Crippen LogP contribution in [0.1, 0.15) is 24.2 Å². The fraction of sp³-hybridized carbons (Fsp3) is 0.438. The van der Waals surface area contributed by atoms with Gasteiger partial charge in [0.1, 0.15) is 6.54 Å². The largest absolute Gasteiger partial charge is 0.493 e. The van der Waals surface area contributed by atoms with Gasteiger partial charge in [-0.2, -0.15) is 0 Å². The van der Waals surface area contributed by atoms with Gasteiger partial charge in [0.25, 0.3) is 5.91 Å². The van der Waals surface area contributed by atoms with E-state index in [1.165, 1.54) is 26.4 Å². The molecule has 0 bridgehead atoms. The zero-order valence-electron chi connectivity index (χ0n) is 14.1. The SMILES string of the molecule is COc1ccc(C(=O)NCC(=O)OCC(=O)OC(C)C)cc1OC. The average molecular weight is 339 g/mol. The topological polar surface area (TPSA) is 100 Å². The molecule has 0 aliphatic rings. The van der Waals surface area contributed by atoms with E-state index < -0.39 is 24.5 Å². The van der Waals surface area contributed by atoms with Crippen LogP contribution < -0.4 is 14.8 Å². The maximum atomic E-state index is 12.0. The molecule has 0 saturated carbocycles. The lowest BCUT2D eigenvalue weighted by Crippen LogP contribution is -2.32. The number of hydrogen-bond acceptors (Lipinski definition) is 7. The highest BCUT2D eigenvalue weighted by atomic mass is 16.6. The molecule has 0 fully saturated rings. The fourth-order valence-electron chi connectivity index (χ4n) is 1.72. The number of methoxy groups -OCH3 is 2. The zero-order valence-corrected chi connectivity index (χ0v) is 14.1. The van der Waals surface area contributed by atoms with E-state index in [2.05, 4.69) is 5.32 Å². The third-order valence-electron chi connectivity index (χ3n) is 2.76. The maximum absolute atomic E-state index is 12.0. The predicted molar refractivity (Wildman–Crippen MR) is 84.1 cm³/mol. The first-order valence-corrected chi connectivity index (χ1v) is 7.22. The molecule has 8 heteroatoms. The van der Waals surface area contributed by atoms with Crippen LogP contribution in [0.3, 0.4) is 0 Å². The van der Waals surface area contributed by atoms with E-state index in [9.17, 15) is 14.4 Å². The molecule has 1 N–H and O–H groups in total. The second kappa shape index (κ2) is 9.39. The van der Waals surface area contributed by atoms with Crippen molar-refractivity contribution >= 4 is 17.8 Å². The molecule has 0 atom stereocenters. The van der Waals surface area contributed by atoms with Gasteiger partial charge in [0.15, 0.2) is 18.1 Å². The summed E-state index contributed by atoms with van der Waals surface area (Å²) in [5.74, 6) is -1.01. The second-order valence-electron chi connectivity index (χ2n) is 4.95. The van der Waals surface area contributed by atoms with Crippen LogP contribution in [0.2, 0.25) is 0 Å². The van der Waals surface area contributed by atoms with Crippen LogP contribution in [0.5, 0.6) is 11.5 Å². The predicted octanol–water partition coefficient (Wildman–Crippen LogP) is 0.928. The van der Waals surface area contributed by atoms with Crippen LogP contribution in [0.4, 0.5) is 0 Å². The molecule has 1 rings (SSSR count). The van der Waals surface area contributed by atoms with E-state index in [4.69, 9.17) is 18.9 Å². The van der Waals surface area contributed by atoms with Crippen LogP contribution in [-0.2, 0) is 19.1 Å². The molecule has 0 spiro atoms. The number of carbonyl (C=O) groups is 3. The molecule has 0 aliphatic heterocycles. The lowest BCUT2D eigenvalue weighted by Gasteiger charge is -2.10. The van der Waals surface area contributed by atoms with Crippen molar-refractivity contribution < 1.29 is 33.3 Å². The van der Waals surface area contributed by atoms with Gasteiger partial charge in [-0.15, -0.1) is 0 Å². The third-order valence-corrected chi connectivity index (χ3v) is 2.76. The Morgan fingerprint density at radius 3 is 2.29 bits per heavy atom. The minimum absolute atomic E-state index is 0.291. The summed E-state index contributed by atoms with van der Waals surface area (Å²) in [5.41, 5.74) is 0.291. The van der Waals surface area contributed by atoms with Gasteiger partial charge >= 0.3 is 11.9 Å². The van der Waals surface area contributed by atoms with Crippen molar-refractivity contribution in [3.05, 3.63) is 23.8 Å². The molecule has 0 heterocycles. The highest BCUT2D eigenvalue weighted by Crippen LogP contribution is 2.27. The van der Waals surface area contributed by atoms with Gasteiger partial charge in [-0.3, -0.25) is 9.59 Å². The van der Waals surface area contributed by atoms with Crippen molar-refractivity contribution in [2.75, 3.05) is 27.4 Å². The van der Waals surface area contributed by atoms with Crippen LogP contribution in [0.25, 0.3) is 0 Å². The Kier molecular flexibility index (Phi) is 7.54. The first-order chi connectivity index (χ1) is 11.4. The Balaban J connectivity index is 2.48. The van der Waals surface area contributed by atoms with E-state index in [1.54, 1.807) is 19.9 Å². The summed E-state index contributed by atoms with van der Waals surface area (Å²) in [4.78, 5) is 34.7. The summed E-state index contributed by atoms with van der Waals surface area (Å²) in [5, 5.41) is 2.39. The number of hydrogen-bond donors (Lipinski definition) is 1. The molecule has 1 amide bonds. The minimum Gasteiger partial charge on any atom is -0.493 e. The summed E-state index contributed by atoms with van der Waals surface area (Å²) in [6.45, 7) is 2.50. The Morgan fingerprint density at radius 2 is 1.71 bits per heavy atom. The van der Waals surface area contributed by atoms with E-state index in [-0.39, 0.29) is 12.6 Å². The molecule has 1 aromatic carbocycles. The molecule has 1 aromatic rings. The number of nitrogens with one attached hydrogen (secondary N) is 1. The molecule has 0 radical (unpaired) electrons. The van der Waals surface area contributed by atoms with Gasteiger partial charge in [0.2, 0.25) is 0 Å². The highest BCUT2D eigenvalue weighted by molar-refractivity contribution is 5.96. The summed E-state index contributed by atoms with van der Waals surface area (Å²) in [7, 11) is 2.94. The van der Waals surface area contributed by atoms with Crippen LogP contribution in [-0.4, -0.2) is 51.3 Å². The molecule has 0 aliphatic carbocycles. The first kappa shape index (κ1) is 19.3. The van der Waals surface area contributed by atoms with Crippen molar-refractivity contribution in [3.63, 3.8) is 0 Å². The van der Waals surface area contributed by atoms with Crippen molar-refractivity contribution in [1.29, 1.82) is 0 Å². The maximum Gasteiger partial charge on any atom is 0.344 e. The van der Waals surface area contributed by atoms with E-state index in [0.29, 0.717) is 17.1 Å². The fourth-order valence-corrected chi connectivity index (χ4v) is 1.72. The van der Waals surface area contributed by atoms with E-state index in [1.807, 2.05) is 0 Å². The van der Waals surface area contributed by atoms with Crippen LogP contribution >= 0.6 is 0 Å². The summed E-state index contributed by atoms with van der Waals surface area (Å²) >= 11 is 0. The Labute approximate surface area is 140 Å². The smallest absolute Gasteiger partial charge is 0.344 e. The van der Waals surface area contributed by atoms with Gasteiger partial charge in [-0.1, -0.05) is 0 Å². The lowest BCUT2D eigenvalue weighted by molar-refractivity contribution is -0.160. The summed E-state index contributed by atoms with van der Waals surface area (Å²) in [6.07, 6.45) is -0.291. The van der Waals surface area contributed by atoms with Crippen molar-refractivity contribution in [2.24, 2.45) is 0 Å². The lowest BCUT2D eigenvalue weighted by atomic mass is 10.2. The number of carbonyl (C=O) groups excluding carboxylic acids is 3. The number of amides is 1. The molecule has 8 nitrogen and oxygen atoms in total. The molecular formula is C16H21NO7. The van der Waals surface area contributed by atoms with Gasteiger partial charge in [0, 0.05) is 5.56 Å². The Morgan fingerprint density at radius 1 is 1.04 bits per heavy atom.